The molecule has 0 aromatic heterocycles. The maximum Gasteiger partial charge on any atom is 0.114 e. The summed E-state index contributed by atoms with van der Waals surface area (Å²) < 4.78 is 5.28. The first-order valence-corrected chi connectivity index (χ1v) is 3.98. The van der Waals surface area contributed by atoms with Gasteiger partial charge in [0.15, 0.2) is 0 Å². The average molecular weight is 169 g/mol. The summed E-state index contributed by atoms with van der Waals surface area (Å²) in [5.41, 5.74) is 1.19. The Labute approximate surface area is 70.9 Å². The number of benzene rings is 1. The highest BCUT2D eigenvalue weighted by molar-refractivity contribution is 6.30. The first-order chi connectivity index (χ1) is 5.21. The Balaban J connectivity index is 2.33. The van der Waals surface area contributed by atoms with Gasteiger partial charge in [0.05, 0.1) is 6.61 Å². The normalized spacial score (nSPS) is 28.5. The van der Waals surface area contributed by atoms with Crippen molar-refractivity contribution in [3.63, 3.8) is 0 Å². The van der Waals surface area contributed by atoms with Crippen molar-refractivity contribution < 1.29 is 4.74 Å². The van der Waals surface area contributed by atoms with Gasteiger partial charge in [-0.1, -0.05) is 23.7 Å². The molecule has 0 unspecified atom stereocenters. The van der Waals surface area contributed by atoms with Crippen LogP contribution in [0.1, 0.15) is 12.5 Å². The molecule has 1 saturated heterocycles. The van der Waals surface area contributed by atoms with Gasteiger partial charge in [-0.25, -0.2) is 0 Å². The van der Waals surface area contributed by atoms with Crippen LogP contribution >= 0.6 is 11.6 Å². The first kappa shape index (κ1) is 7.14. The van der Waals surface area contributed by atoms with E-state index < -0.39 is 0 Å². The Morgan fingerprint density at radius 1 is 1.36 bits per heavy atom. The lowest BCUT2D eigenvalue weighted by Gasteiger charge is -2.03. The van der Waals surface area contributed by atoms with Crippen molar-refractivity contribution in [2.75, 3.05) is 6.61 Å². The van der Waals surface area contributed by atoms with Gasteiger partial charge >= 0.3 is 0 Å². The zero-order chi connectivity index (χ0) is 7.90. The molecular weight excluding hydrogens is 160 g/mol. The van der Waals surface area contributed by atoms with Crippen molar-refractivity contribution in [2.45, 2.75) is 12.5 Å². The standard InChI is InChI=1S/C9H9ClO/c1-9(6-11-9)7-2-4-8(10)5-3-7/h2-5H,6H2,1H3/t9-/m1/s1. The van der Waals surface area contributed by atoms with Crippen LogP contribution in [0.5, 0.6) is 0 Å². The van der Waals surface area contributed by atoms with Crippen LogP contribution < -0.4 is 0 Å². The van der Waals surface area contributed by atoms with Crippen molar-refractivity contribution in [1.29, 1.82) is 0 Å². The third kappa shape index (κ3) is 1.26. The second kappa shape index (κ2) is 2.23. The summed E-state index contributed by atoms with van der Waals surface area (Å²) in [5.74, 6) is 0. The van der Waals surface area contributed by atoms with Gasteiger partial charge in [0, 0.05) is 5.02 Å². The molecule has 2 heteroatoms. The lowest BCUT2D eigenvalue weighted by Crippen LogP contribution is -2.00. The molecule has 0 aliphatic carbocycles. The molecule has 1 heterocycles. The fourth-order valence-corrected chi connectivity index (χ4v) is 1.20. The van der Waals surface area contributed by atoms with Crippen molar-refractivity contribution in [2.24, 2.45) is 0 Å². The molecule has 11 heavy (non-hydrogen) atoms. The Hall–Kier alpha value is -0.530. The summed E-state index contributed by atoms with van der Waals surface area (Å²) in [6.07, 6.45) is 0. The van der Waals surface area contributed by atoms with Gasteiger partial charge in [-0.2, -0.15) is 0 Å². The molecule has 1 atom stereocenters. The van der Waals surface area contributed by atoms with Gasteiger partial charge in [-0.3, -0.25) is 0 Å². The third-order valence-corrected chi connectivity index (χ3v) is 2.28. The van der Waals surface area contributed by atoms with E-state index in [9.17, 15) is 0 Å². The summed E-state index contributed by atoms with van der Waals surface area (Å²) >= 11 is 5.74. The molecule has 1 aromatic carbocycles. The molecule has 0 bridgehead atoms. The van der Waals surface area contributed by atoms with Crippen LogP contribution in [0.4, 0.5) is 0 Å². The van der Waals surface area contributed by atoms with Crippen LogP contribution in [0, 0.1) is 0 Å². The van der Waals surface area contributed by atoms with E-state index >= 15 is 0 Å². The minimum atomic E-state index is -0.0232. The van der Waals surface area contributed by atoms with E-state index in [0.29, 0.717) is 0 Å². The summed E-state index contributed by atoms with van der Waals surface area (Å²) in [4.78, 5) is 0. The molecule has 1 nitrogen and oxygen atoms in total. The van der Waals surface area contributed by atoms with Crippen LogP contribution in [0.25, 0.3) is 0 Å². The van der Waals surface area contributed by atoms with Crippen molar-refractivity contribution in [1.82, 2.24) is 0 Å². The molecule has 0 amide bonds. The molecule has 0 N–H and O–H groups in total. The monoisotopic (exact) mass is 168 g/mol. The maximum absolute atomic E-state index is 5.74. The minimum absolute atomic E-state index is 0.0232. The van der Waals surface area contributed by atoms with Crippen LogP contribution in [0.15, 0.2) is 24.3 Å². The van der Waals surface area contributed by atoms with Crippen LogP contribution in [0.3, 0.4) is 0 Å². The van der Waals surface area contributed by atoms with Crippen LogP contribution in [-0.4, -0.2) is 6.61 Å². The fourth-order valence-electron chi connectivity index (χ4n) is 1.08. The highest BCUT2D eigenvalue weighted by Crippen LogP contribution is 2.37. The number of hydrogen-bond acceptors (Lipinski definition) is 1. The van der Waals surface area contributed by atoms with E-state index in [1.807, 2.05) is 24.3 Å². The Kier molecular flexibility index (Phi) is 1.44. The number of hydrogen-bond donors (Lipinski definition) is 0. The van der Waals surface area contributed by atoms with E-state index in [0.717, 1.165) is 11.6 Å². The van der Waals surface area contributed by atoms with Gasteiger partial charge in [-0.15, -0.1) is 0 Å². The third-order valence-electron chi connectivity index (χ3n) is 2.03. The largest absolute Gasteiger partial charge is 0.365 e. The Morgan fingerprint density at radius 3 is 2.36 bits per heavy atom. The van der Waals surface area contributed by atoms with Crippen LogP contribution in [-0.2, 0) is 10.3 Å². The first-order valence-electron chi connectivity index (χ1n) is 3.61. The van der Waals surface area contributed by atoms with Gasteiger partial charge in [0.25, 0.3) is 0 Å². The van der Waals surface area contributed by atoms with E-state index in [1.165, 1.54) is 5.56 Å². The SMILES string of the molecule is C[C@]1(c2ccc(Cl)cc2)CO1. The van der Waals surface area contributed by atoms with E-state index in [2.05, 4.69) is 6.92 Å². The maximum atomic E-state index is 5.74. The highest BCUT2D eigenvalue weighted by atomic mass is 35.5. The molecule has 1 aliphatic heterocycles. The van der Waals surface area contributed by atoms with Gasteiger partial charge in [-0.05, 0) is 24.6 Å². The molecular formula is C9H9ClO. The van der Waals surface area contributed by atoms with Crippen molar-refractivity contribution in [3.05, 3.63) is 34.9 Å². The second-order valence-corrected chi connectivity index (χ2v) is 3.46. The fraction of sp³-hybridized carbons (Fsp3) is 0.333. The Morgan fingerprint density at radius 2 is 1.91 bits per heavy atom. The number of ether oxygens (including phenoxy) is 1. The lowest BCUT2D eigenvalue weighted by molar-refractivity contribution is 0.329. The average Bonchev–Trinajstić information content (AvgIpc) is 2.70. The summed E-state index contributed by atoms with van der Waals surface area (Å²) in [5, 5.41) is 0.776. The molecule has 0 radical (unpaired) electrons. The zero-order valence-electron chi connectivity index (χ0n) is 6.30. The molecule has 1 aliphatic rings. The zero-order valence-corrected chi connectivity index (χ0v) is 7.06. The quantitative estimate of drug-likeness (QED) is 0.588. The predicted octanol–water partition coefficient (Wildman–Crippen LogP) is 2.59. The Bertz CT molecular complexity index is 261. The topological polar surface area (TPSA) is 12.5 Å². The highest BCUT2D eigenvalue weighted by Gasteiger charge is 2.40. The molecule has 1 aromatic rings. The van der Waals surface area contributed by atoms with E-state index in [4.69, 9.17) is 16.3 Å². The number of epoxide rings is 1. The smallest absolute Gasteiger partial charge is 0.114 e. The molecule has 58 valence electrons. The lowest BCUT2D eigenvalue weighted by atomic mass is 10.0. The number of halogens is 1. The minimum Gasteiger partial charge on any atom is -0.365 e. The molecule has 2 rings (SSSR count). The second-order valence-electron chi connectivity index (χ2n) is 3.03. The molecule has 1 fully saturated rings. The molecule has 0 saturated carbocycles. The van der Waals surface area contributed by atoms with Gasteiger partial charge in [0.2, 0.25) is 0 Å². The van der Waals surface area contributed by atoms with Crippen molar-refractivity contribution >= 4 is 11.6 Å². The van der Waals surface area contributed by atoms with Crippen LogP contribution in [0.2, 0.25) is 5.02 Å². The van der Waals surface area contributed by atoms with E-state index in [-0.39, 0.29) is 5.60 Å². The molecule has 0 spiro atoms. The predicted molar refractivity (Wildman–Crippen MR) is 44.8 cm³/mol. The van der Waals surface area contributed by atoms with Crippen molar-refractivity contribution in [3.8, 4) is 0 Å². The van der Waals surface area contributed by atoms with E-state index in [1.54, 1.807) is 0 Å². The summed E-state index contributed by atoms with van der Waals surface area (Å²) in [6, 6.07) is 7.80. The number of rotatable bonds is 1. The van der Waals surface area contributed by atoms with Gasteiger partial charge in [0.1, 0.15) is 5.60 Å². The summed E-state index contributed by atoms with van der Waals surface area (Å²) in [7, 11) is 0. The summed E-state index contributed by atoms with van der Waals surface area (Å²) in [6.45, 7) is 2.91. The van der Waals surface area contributed by atoms with Gasteiger partial charge < -0.3 is 4.74 Å².